The number of hydrogen-bond donors (Lipinski definition) is 2. The Bertz CT molecular complexity index is 558. The maximum atomic E-state index is 11.7. The van der Waals surface area contributed by atoms with Gasteiger partial charge in [0.15, 0.2) is 0 Å². The third kappa shape index (κ3) is 3.21. The zero-order valence-corrected chi connectivity index (χ0v) is 10.2. The number of aromatic nitrogens is 1. The highest BCUT2D eigenvalue weighted by Crippen LogP contribution is 2.25. The van der Waals surface area contributed by atoms with Crippen molar-refractivity contribution in [2.24, 2.45) is 0 Å². The minimum Gasteiger partial charge on any atom is -0.508 e. The standard InChI is InChI=1S/C13H11ClN2O2/c14-11-8-10(17)4-5-12(11)16-13(18)7-9-3-1-2-6-15-9/h1-6,8,17H,7H2,(H,16,18). The van der Waals surface area contributed by atoms with Crippen molar-refractivity contribution in [3.05, 3.63) is 53.3 Å². The van der Waals surface area contributed by atoms with Crippen molar-refractivity contribution in [1.82, 2.24) is 4.98 Å². The SMILES string of the molecule is O=C(Cc1ccccn1)Nc1ccc(O)cc1Cl. The number of rotatable bonds is 3. The van der Waals surface area contributed by atoms with Gasteiger partial charge in [-0.3, -0.25) is 9.78 Å². The first kappa shape index (κ1) is 12.4. The molecular formula is C13H11ClN2O2. The van der Waals surface area contributed by atoms with Crippen molar-refractivity contribution >= 4 is 23.2 Å². The Morgan fingerprint density at radius 2 is 2.17 bits per heavy atom. The van der Waals surface area contributed by atoms with Crippen LogP contribution in [0.15, 0.2) is 42.6 Å². The number of phenolic OH excluding ortho intramolecular Hbond substituents is 1. The van der Waals surface area contributed by atoms with E-state index in [-0.39, 0.29) is 18.1 Å². The molecule has 0 spiro atoms. The van der Waals surface area contributed by atoms with E-state index in [0.29, 0.717) is 16.4 Å². The predicted molar refractivity (Wildman–Crippen MR) is 69.7 cm³/mol. The highest BCUT2D eigenvalue weighted by Gasteiger charge is 2.07. The molecule has 18 heavy (non-hydrogen) atoms. The first-order valence-electron chi connectivity index (χ1n) is 5.33. The fourth-order valence-corrected chi connectivity index (χ4v) is 1.69. The topological polar surface area (TPSA) is 62.2 Å². The maximum Gasteiger partial charge on any atom is 0.230 e. The summed E-state index contributed by atoms with van der Waals surface area (Å²) >= 11 is 5.89. The lowest BCUT2D eigenvalue weighted by atomic mass is 10.2. The molecule has 1 amide bonds. The van der Waals surface area contributed by atoms with E-state index < -0.39 is 0 Å². The van der Waals surface area contributed by atoms with Crippen molar-refractivity contribution in [1.29, 1.82) is 0 Å². The van der Waals surface area contributed by atoms with Gasteiger partial charge in [-0.1, -0.05) is 17.7 Å². The first-order valence-corrected chi connectivity index (χ1v) is 5.71. The number of nitrogens with one attached hydrogen (secondary N) is 1. The summed E-state index contributed by atoms with van der Waals surface area (Å²) in [6.07, 6.45) is 1.81. The van der Waals surface area contributed by atoms with E-state index in [1.807, 2.05) is 6.07 Å². The van der Waals surface area contributed by atoms with E-state index in [1.165, 1.54) is 12.1 Å². The van der Waals surface area contributed by atoms with Crippen LogP contribution >= 0.6 is 11.6 Å². The van der Waals surface area contributed by atoms with Gasteiger partial charge in [0.25, 0.3) is 0 Å². The Morgan fingerprint density at radius 1 is 1.33 bits per heavy atom. The lowest BCUT2D eigenvalue weighted by Gasteiger charge is -2.07. The van der Waals surface area contributed by atoms with E-state index in [0.717, 1.165) is 0 Å². The van der Waals surface area contributed by atoms with Gasteiger partial charge >= 0.3 is 0 Å². The molecule has 92 valence electrons. The van der Waals surface area contributed by atoms with E-state index in [9.17, 15) is 9.90 Å². The van der Waals surface area contributed by atoms with Crippen molar-refractivity contribution in [3.63, 3.8) is 0 Å². The highest BCUT2D eigenvalue weighted by molar-refractivity contribution is 6.33. The molecule has 0 saturated carbocycles. The summed E-state index contributed by atoms with van der Waals surface area (Å²) in [6, 6.07) is 9.77. The van der Waals surface area contributed by atoms with Gasteiger partial charge in [0.1, 0.15) is 5.75 Å². The molecule has 5 heteroatoms. The number of amides is 1. The Morgan fingerprint density at radius 3 is 2.83 bits per heavy atom. The van der Waals surface area contributed by atoms with Gasteiger partial charge in [-0.2, -0.15) is 0 Å². The second kappa shape index (κ2) is 5.51. The summed E-state index contributed by atoms with van der Waals surface area (Å²) in [5.74, 6) is -0.149. The predicted octanol–water partition coefficient (Wildman–Crippen LogP) is 2.62. The molecule has 1 aromatic heterocycles. The van der Waals surface area contributed by atoms with E-state index >= 15 is 0 Å². The number of anilines is 1. The van der Waals surface area contributed by atoms with Gasteiger partial charge in [-0.15, -0.1) is 0 Å². The van der Waals surface area contributed by atoms with E-state index in [1.54, 1.807) is 24.4 Å². The van der Waals surface area contributed by atoms with E-state index in [4.69, 9.17) is 11.6 Å². The quantitative estimate of drug-likeness (QED) is 0.836. The average molecular weight is 263 g/mol. The molecule has 2 rings (SSSR count). The van der Waals surface area contributed by atoms with Gasteiger partial charge < -0.3 is 10.4 Å². The fraction of sp³-hybridized carbons (Fsp3) is 0.0769. The van der Waals surface area contributed by atoms with Crippen LogP contribution in [0.25, 0.3) is 0 Å². The number of carbonyl (C=O) groups is 1. The molecule has 0 aliphatic rings. The molecule has 0 aliphatic heterocycles. The Hall–Kier alpha value is -2.07. The second-order valence-electron chi connectivity index (χ2n) is 3.71. The molecule has 0 unspecified atom stereocenters. The third-order valence-electron chi connectivity index (χ3n) is 2.29. The molecule has 0 bridgehead atoms. The molecule has 0 aliphatic carbocycles. The molecular weight excluding hydrogens is 252 g/mol. The first-order chi connectivity index (χ1) is 8.65. The average Bonchev–Trinajstić information content (AvgIpc) is 2.34. The lowest BCUT2D eigenvalue weighted by Crippen LogP contribution is -2.15. The van der Waals surface area contributed by atoms with Crippen LogP contribution in [0.3, 0.4) is 0 Å². The Labute approximate surface area is 109 Å². The van der Waals surface area contributed by atoms with Gasteiger partial charge in [-0.05, 0) is 24.3 Å². The van der Waals surface area contributed by atoms with Crippen LogP contribution in [0.2, 0.25) is 5.02 Å². The molecule has 4 nitrogen and oxygen atoms in total. The number of hydrogen-bond acceptors (Lipinski definition) is 3. The summed E-state index contributed by atoms with van der Waals surface area (Å²) in [7, 11) is 0. The molecule has 0 atom stereocenters. The van der Waals surface area contributed by atoms with Gasteiger partial charge in [0.2, 0.25) is 5.91 Å². The Kier molecular flexibility index (Phi) is 3.79. The normalized spacial score (nSPS) is 10.1. The highest BCUT2D eigenvalue weighted by atomic mass is 35.5. The zero-order chi connectivity index (χ0) is 13.0. The minimum absolute atomic E-state index is 0.0581. The zero-order valence-electron chi connectivity index (χ0n) is 9.43. The van der Waals surface area contributed by atoms with Crippen molar-refractivity contribution in [2.75, 3.05) is 5.32 Å². The molecule has 0 radical (unpaired) electrons. The summed E-state index contributed by atoms with van der Waals surface area (Å²) in [5.41, 5.74) is 1.15. The van der Waals surface area contributed by atoms with Gasteiger partial charge in [0, 0.05) is 18.0 Å². The largest absolute Gasteiger partial charge is 0.508 e. The number of aromatic hydroxyl groups is 1. The summed E-state index contributed by atoms with van der Waals surface area (Å²) < 4.78 is 0. The smallest absolute Gasteiger partial charge is 0.230 e. The number of benzene rings is 1. The van der Waals surface area contributed by atoms with Crippen LogP contribution in [-0.2, 0) is 11.2 Å². The van der Waals surface area contributed by atoms with Crippen LogP contribution in [0.1, 0.15) is 5.69 Å². The monoisotopic (exact) mass is 262 g/mol. The van der Waals surface area contributed by atoms with E-state index in [2.05, 4.69) is 10.3 Å². The second-order valence-corrected chi connectivity index (χ2v) is 4.12. The summed E-state index contributed by atoms with van der Waals surface area (Å²) in [5, 5.41) is 12.2. The molecule has 1 heterocycles. The third-order valence-corrected chi connectivity index (χ3v) is 2.61. The fourth-order valence-electron chi connectivity index (χ4n) is 1.47. The van der Waals surface area contributed by atoms with Crippen molar-refractivity contribution in [3.8, 4) is 5.75 Å². The van der Waals surface area contributed by atoms with Crippen LogP contribution < -0.4 is 5.32 Å². The summed E-state index contributed by atoms with van der Waals surface area (Å²) in [4.78, 5) is 15.8. The Balaban J connectivity index is 2.03. The molecule has 0 fully saturated rings. The van der Waals surface area contributed by atoms with Crippen LogP contribution in [0.4, 0.5) is 5.69 Å². The number of pyridine rings is 1. The van der Waals surface area contributed by atoms with Crippen molar-refractivity contribution in [2.45, 2.75) is 6.42 Å². The minimum atomic E-state index is -0.207. The van der Waals surface area contributed by atoms with Crippen LogP contribution in [0.5, 0.6) is 5.75 Å². The van der Waals surface area contributed by atoms with Crippen LogP contribution in [0, 0.1) is 0 Å². The van der Waals surface area contributed by atoms with Gasteiger partial charge in [-0.25, -0.2) is 0 Å². The maximum absolute atomic E-state index is 11.7. The summed E-state index contributed by atoms with van der Waals surface area (Å²) in [6.45, 7) is 0. The molecule has 2 aromatic rings. The molecule has 1 aromatic carbocycles. The molecule has 2 N–H and O–H groups in total. The number of halogens is 1. The number of carbonyl (C=O) groups excluding carboxylic acids is 1. The van der Waals surface area contributed by atoms with Crippen molar-refractivity contribution < 1.29 is 9.90 Å². The van der Waals surface area contributed by atoms with Gasteiger partial charge in [0.05, 0.1) is 17.1 Å². The number of nitrogens with zero attached hydrogens (tertiary/aromatic N) is 1. The number of phenols is 1. The molecule has 0 saturated heterocycles. The lowest BCUT2D eigenvalue weighted by molar-refractivity contribution is -0.115. The van der Waals surface area contributed by atoms with Crippen LogP contribution in [-0.4, -0.2) is 16.0 Å².